The summed E-state index contributed by atoms with van der Waals surface area (Å²) in [6.45, 7) is 6.00. The van der Waals surface area contributed by atoms with Crippen molar-refractivity contribution >= 4 is 12.6 Å². The minimum absolute atomic E-state index is 0.600. The predicted octanol–water partition coefficient (Wildman–Crippen LogP) is 3.99. The van der Waals surface area contributed by atoms with Crippen LogP contribution in [0.25, 0.3) is 0 Å². The molecule has 0 heterocycles. The minimum Gasteiger partial charge on any atom is -0.143 e. The van der Waals surface area contributed by atoms with E-state index in [9.17, 15) is 0 Å². The number of allylic oxidation sites excluding steroid dienone is 3. The molecule has 1 aromatic rings. The van der Waals surface area contributed by atoms with Crippen molar-refractivity contribution in [3.8, 4) is 0 Å². The van der Waals surface area contributed by atoms with E-state index in [1.165, 1.54) is 11.1 Å². The topological polar surface area (TPSA) is 0 Å². The van der Waals surface area contributed by atoms with Crippen molar-refractivity contribution < 1.29 is 0 Å². The summed E-state index contributed by atoms with van der Waals surface area (Å²) < 4.78 is 0. The largest absolute Gasteiger partial charge is 0.143 e. The Kier molecular flexibility index (Phi) is 3.01. The first-order valence-corrected chi connectivity index (χ1v) is 5.78. The van der Waals surface area contributed by atoms with Crippen LogP contribution >= 0.6 is 12.6 Å². The Hall–Kier alpha value is -0.950. The summed E-state index contributed by atoms with van der Waals surface area (Å²) in [5, 5.41) is 0. The summed E-state index contributed by atoms with van der Waals surface area (Å²) in [4.78, 5) is 1.13. The molecule has 0 amide bonds. The van der Waals surface area contributed by atoms with Gasteiger partial charge >= 0.3 is 0 Å². The van der Waals surface area contributed by atoms with Crippen LogP contribution in [0.1, 0.15) is 24.0 Å². The van der Waals surface area contributed by atoms with Gasteiger partial charge in [0.15, 0.2) is 0 Å². The molecule has 15 heavy (non-hydrogen) atoms. The van der Waals surface area contributed by atoms with E-state index in [0.717, 1.165) is 11.3 Å². The van der Waals surface area contributed by atoms with Gasteiger partial charge in [-0.1, -0.05) is 43.9 Å². The number of rotatable bonds is 2. The van der Waals surface area contributed by atoms with E-state index < -0.39 is 0 Å². The fraction of sp³-hybridized carbons (Fsp3) is 0.286. The number of hydrogen-bond acceptors (Lipinski definition) is 1. The van der Waals surface area contributed by atoms with E-state index in [1.54, 1.807) is 0 Å². The van der Waals surface area contributed by atoms with E-state index in [2.05, 4.69) is 50.4 Å². The number of hydrogen-bond donors (Lipinski definition) is 1. The van der Waals surface area contributed by atoms with Crippen LogP contribution < -0.4 is 0 Å². The van der Waals surface area contributed by atoms with Gasteiger partial charge in [-0.2, -0.15) is 0 Å². The lowest BCUT2D eigenvalue weighted by atomic mass is 9.94. The molecule has 0 aromatic heterocycles. The lowest BCUT2D eigenvalue weighted by Crippen LogP contribution is -1.99. The summed E-state index contributed by atoms with van der Waals surface area (Å²) in [7, 11) is 0. The van der Waals surface area contributed by atoms with E-state index in [4.69, 9.17) is 0 Å². The molecule has 2 unspecified atom stereocenters. The monoisotopic (exact) mass is 216 g/mol. The van der Waals surface area contributed by atoms with Gasteiger partial charge in [0.05, 0.1) is 0 Å². The summed E-state index contributed by atoms with van der Waals surface area (Å²) in [5.41, 5.74) is 2.88. The van der Waals surface area contributed by atoms with Crippen molar-refractivity contribution in [2.75, 3.05) is 0 Å². The summed E-state index contributed by atoms with van der Waals surface area (Å²) in [6.07, 6.45) is 7.26. The Labute approximate surface area is 97.1 Å². The van der Waals surface area contributed by atoms with Gasteiger partial charge in [0, 0.05) is 4.90 Å². The molecule has 1 aromatic carbocycles. The molecule has 0 bridgehead atoms. The molecule has 0 N–H and O–H groups in total. The van der Waals surface area contributed by atoms with Gasteiger partial charge in [0.2, 0.25) is 0 Å². The van der Waals surface area contributed by atoms with Crippen LogP contribution in [0.5, 0.6) is 0 Å². The van der Waals surface area contributed by atoms with E-state index in [-0.39, 0.29) is 0 Å². The lowest BCUT2D eigenvalue weighted by Gasteiger charge is -2.10. The Morgan fingerprint density at radius 3 is 2.93 bits per heavy atom. The van der Waals surface area contributed by atoms with Gasteiger partial charge in [-0.3, -0.25) is 0 Å². The SMILES string of the molecule is C=C/C=C\C1Cc2c(S)cccc2C1C. The maximum Gasteiger partial charge on any atom is 0.00751 e. The second-order valence-electron chi connectivity index (χ2n) is 4.12. The quantitative estimate of drug-likeness (QED) is 0.561. The molecule has 0 radical (unpaired) electrons. The first-order chi connectivity index (χ1) is 7.24. The average Bonchev–Trinajstić information content (AvgIpc) is 2.55. The fourth-order valence-electron chi connectivity index (χ4n) is 2.34. The summed E-state index contributed by atoms with van der Waals surface area (Å²) in [6, 6.07) is 6.40. The zero-order valence-corrected chi connectivity index (χ0v) is 9.87. The van der Waals surface area contributed by atoms with E-state index in [1.807, 2.05) is 12.2 Å². The Morgan fingerprint density at radius 1 is 1.47 bits per heavy atom. The summed E-state index contributed by atoms with van der Waals surface area (Å²) in [5.74, 6) is 1.20. The Morgan fingerprint density at radius 2 is 2.27 bits per heavy atom. The van der Waals surface area contributed by atoms with Gasteiger partial charge in [0.1, 0.15) is 0 Å². The van der Waals surface area contributed by atoms with Crippen LogP contribution in [0.15, 0.2) is 47.9 Å². The first kappa shape index (κ1) is 10.6. The van der Waals surface area contributed by atoms with Crippen LogP contribution in [0.4, 0.5) is 0 Å². The molecule has 2 atom stereocenters. The molecular weight excluding hydrogens is 200 g/mol. The normalized spacial score (nSPS) is 24.4. The molecule has 78 valence electrons. The van der Waals surface area contributed by atoms with Crippen LogP contribution in [-0.2, 0) is 6.42 Å². The van der Waals surface area contributed by atoms with Crippen molar-refractivity contribution in [2.24, 2.45) is 5.92 Å². The van der Waals surface area contributed by atoms with Gasteiger partial charge in [0.25, 0.3) is 0 Å². The minimum atomic E-state index is 0.600. The van der Waals surface area contributed by atoms with Gasteiger partial charge in [-0.15, -0.1) is 12.6 Å². The Bertz CT molecular complexity index is 404. The molecule has 1 heteroatoms. The maximum atomic E-state index is 4.52. The smallest absolute Gasteiger partial charge is 0.00751 e. The first-order valence-electron chi connectivity index (χ1n) is 5.34. The molecule has 0 fully saturated rings. The van der Waals surface area contributed by atoms with E-state index in [0.29, 0.717) is 11.8 Å². The third-order valence-corrected chi connectivity index (χ3v) is 3.67. The summed E-state index contributed by atoms with van der Waals surface area (Å²) >= 11 is 4.52. The van der Waals surface area contributed by atoms with Crippen molar-refractivity contribution in [1.82, 2.24) is 0 Å². The maximum absolute atomic E-state index is 4.52. The van der Waals surface area contributed by atoms with Crippen molar-refractivity contribution in [2.45, 2.75) is 24.2 Å². The highest BCUT2D eigenvalue weighted by molar-refractivity contribution is 7.80. The average molecular weight is 216 g/mol. The zero-order valence-electron chi connectivity index (χ0n) is 8.98. The second kappa shape index (κ2) is 4.28. The molecule has 0 aliphatic heterocycles. The van der Waals surface area contributed by atoms with Crippen LogP contribution in [0, 0.1) is 5.92 Å². The van der Waals surface area contributed by atoms with Crippen LogP contribution in [-0.4, -0.2) is 0 Å². The van der Waals surface area contributed by atoms with Crippen molar-refractivity contribution in [3.63, 3.8) is 0 Å². The predicted molar refractivity (Wildman–Crippen MR) is 68.6 cm³/mol. The van der Waals surface area contributed by atoms with E-state index >= 15 is 0 Å². The van der Waals surface area contributed by atoms with Crippen LogP contribution in [0.2, 0.25) is 0 Å². The zero-order chi connectivity index (χ0) is 10.8. The third-order valence-electron chi connectivity index (χ3n) is 3.25. The standard InChI is InChI=1S/C14H16S/c1-3-4-6-11-9-13-12(10(11)2)7-5-8-14(13)15/h3-8,10-11,15H,1,9H2,2H3/b6-4-. The molecule has 1 aliphatic rings. The van der Waals surface area contributed by atoms with Crippen LogP contribution in [0.3, 0.4) is 0 Å². The second-order valence-corrected chi connectivity index (χ2v) is 4.60. The molecule has 0 spiro atoms. The highest BCUT2D eigenvalue weighted by Crippen LogP contribution is 2.40. The lowest BCUT2D eigenvalue weighted by molar-refractivity contribution is 0.591. The number of fused-ring (bicyclic) bond motifs is 1. The van der Waals surface area contributed by atoms with Crippen molar-refractivity contribution in [1.29, 1.82) is 0 Å². The van der Waals surface area contributed by atoms with Gasteiger partial charge in [-0.25, -0.2) is 0 Å². The van der Waals surface area contributed by atoms with Gasteiger partial charge in [-0.05, 0) is 35.4 Å². The molecule has 0 nitrogen and oxygen atoms in total. The number of thiol groups is 1. The highest BCUT2D eigenvalue weighted by Gasteiger charge is 2.27. The highest BCUT2D eigenvalue weighted by atomic mass is 32.1. The van der Waals surface area contributed by atoms with Crippen molar-refractivity contribution in [3.05, 3.63) is 54.1 Å². The van der Waals surface area contributed by atoms with Gasteiger partial charge < -0.3 is 0 Å². The molecule has 2 rings (SSSR count). The fourth-order valence-corrected chi connectivity index (χ4v) is 2.65. The molecular formula is C14H16S. The third kappa shape index (κ3) is 1.89. The molecule has 0 saturated carbocycles. The number of benzene rings is 1. The molecule has 0 saturated heterocycles. The molecule has 1 aliphatic carbocycles. The Balaban J connectivity index is 2.32.